The topological polar surface area (TPSA) is 54.5 Å². The van der Waals surface area contributed by atoms with Crippen LogP contribution in [0.2, 0.25) is 0 Å². The van der Waals surface area contributed by atoms with Crippen molar-refractivity contribution in [1.82, 2.24) is 14.8 Å². The van der Waals surface area contributed by atoms with E-state index in [1.54, 1.807) is 18.2 Å². The maximum atomic E-state index is 14.3. The third kappa shape index (κ3) is 4.54. The lowest BCUT2D eigenvalue weighted by atomic mass is 9.99. The van der Waals surface area contributed by atoms with Gasteiger partial charge in [-0.05, 0) is 41.3 Å². The molecule has 0 bridgehead atoms. The van der Waals surface area contributed by atoms with Gasteiger partial charge in [0.2, 0.25) is 0 Å². The van der Waals surface area contributed by atoms with Crippen molar-refractivity contribution >= 4 is 0 Å². The van der Waals surface area contributed by atoms with Gasteiger partial charge in [-0.1, -0.05) is 67.9 Å². The van der Waals surface area contributed by atoms with Crippen LogP contribution in [0, 0.1) is 17.1 Å². The molecule has 1 heterocycles. The monoisotopic (exact) mass is 410 g/mol. The van der Waals surface area contributed by atoms with Crippen LogP contribution in [0.25, 0.3) is 22.5 Å². The summed E-state index contributed by atoms with van der Waals surface area (Å²) in [6.45, 7) is 2.69. The summed E-state index contributed by atoms with van der Waals surface area (Å²) in [6, 6.07) is 24.5. The van der Waals surface area contributed by atoms with Crippen molar-refractivity contribution in [2.24, 2.45) is 0 Å². The third-order valence-corrected chi connectivity index (χ3v) is 5.26. The van der Waals surface area contributed by atoms with Crippen LogP contribution in [0.4, 0.5) is 4.39 Å². The molecule has 4 nitrogen and oxygen atoms in total. The van der Waals surface area contributed by atoms with Gasteiger partial charge in [-0.3, -0.25) is 0 Å². The number of hydrogen-bond donors (Lipinski definition) is 0. The van der Waals surface area contributed by atoms with Crippen LogP contribution in [0.15, 0.2) is 72.8 Å². The summed E-state index contributed by atoms with van der Waals surface area (Å²) in [6.07, 6.45) is 2.85. The molecule has 0 saturated carbocycles. The summed E-state index contributed by atoms with van der Waals surface area (Å²) in [5, 5.41) is 14.0. The number of aryl methyl sites for hydroxylation is 1. The van der Waals surface area contributed by atoms with Crippen molar-refractivity contribution in [1.29, 1.82) is 5.26 Å². The Kier molecular flexibility index (Phi) is 6.18. The van der Waals surface area contributed by atoms with E-state index in [1.807, 2.05) is 53.2 Å². The minimum Gasteiger partial charge on any atom is -0.245 e. The van der Waals surface area contributed by atoms with E-state index in [-0.39, 0.29) is 5.82 Å². The number of halogens is 1. The summed E-state index contributed by atoms with van der Waals surface area (Å²) in [4.78, 5) is 4.64. The molecule has 0 aliphatic rings. The Bertz CT molecular complexity index is 1220. The Balaban J connectivity index is 1.62. The van der Waals surface area contributed by atoms with Crippen LogP contribution < -0.4 is 0 Å². The van der Waals surface area contributed by atoms with Gasteiger partial charge in [0.1, 0.15) is 11.6 Å². The summed E-state index contributed by atoms with van der Waals surface area (Å²) in [5.41, 5.74) is 4.06. The van der Waals surface area contributed by atoms with E-state index < -0.39 is 0 Å². The Morgan fingerprint density at radius 3 is 2.35 bits per heavy atom. The van der Waals surface area contributed by atoms with E-state index in [9.17, 15) is 9.65 Å². The van der Waals surface area contributed by atoms with Crippen molar-refractivity contribution in [3.05, 3.63) is 95.6 Å². The minimum atomic E-state index is -0.317. The maximum absolute atomic E-state index is 14.3. The first-order valence-corrected chi connectivity index (χ1v) is 10.5. The van der Waals surface area contributed by atoms with Crippen LogP contribution in [-0.2, 0) is 13.0 Å². The molecule has 0 fully saturated rings. The molecule has 3 aromatic carbocycles. The zero-order valence-corrected chi connectivity index (χ0v) is 17.4. The van der Waals surface area contributed by atoms with Crippen LogP contribution >= 0.6 is 0 Å². The molecule has 5 heteroatoms. The van der Waals surface area contributed by atoms with E-state index >= 15 is 0 Å². The maximum Gasteiger partial charge on any atom is 0.184 e. The predicted octanol–water partition coefficient (Wildman–Crippen LogP) is 6.01. The van der Waals surface area contributed by atoms with Crippen molar-refractivity contribution in [2.45, 2.75) is 32.7 Å². The molecule has 0 aliphatic carbocycles. The fraction of sp³-hybridized carbons (Fsp3) is 0.192. The highest BCUT2D eigenvalue weighted by molar-refractivity contribution is 5.70. The quantitative estimate of drug-likeness (QED) is 0.375. The molecule has 4 aromatic rings. The van der Waals surface area contributed by atoms with Gasteiger partial charge in [0, 0.05) is 6.42 Å². The van der Waals surface area contributed by atoms with E-state index in [4.69, 9.17) is 0 Å². The SMILES string of the molecule is CCCCc1nc(-c2ccccc2F)nn1Cc1ccc(-c2ccccc2C#N)cc1. The fourth-order valence-corrected chi connectivity index (χ4v) is 3.57. The molecule has 154 valence electrons. The van der Waals surface area contributed by atoms with Crippen molar-refractivity contribution in [2.75, 3.05) is 0 Å². The number of nitrogens with zero attached hydrogens (tertiary/aromatic N) is 4. The second-order valence-corrected chi connectivity index (χ2v) is 7.45. The zero-order valence-electron chi connectivity index (χ0n) is 17.4. The average molecular weight is 410 g/mol. The van der Waals surface area contributed by atoms with Crippen LogP contribution in [0.5, 0.6) is 0 Å². The van der Waals surface area contributed by atoms with Crippen molar-refractivity contribution in [3.63, 3.8) is 0 Å². The summed E-state index contributed by atoms with van der Waals surface area (Å²) in [7, 11) is 0. The molecule has 0 N–H and O–H groups in total. The smallest absolute Gasteiger partial charge is 0.184 e. The predicted molar refractivity (Wildman–Crippen MR) is 120 cm³/mol. The van der Waals surface area contributed by atoms with E-state index in [0.29, 0.717) is 23.5 Å². The molecule has 1 aromatic heterocycles. The lowest BCUT2D eigenvalue weighted by Crippen LogP contribution is -2.07. The number of unbranched alkanes of at least 4 members (excludes halogenated alkanes) is 1. The molecule has 0 amide bonds. The van der Waals surface area contributed by atoms with Gasteiger partial charge in [-0.2, -0.15) is 10.4 Å². The molecule has 4 rings (SSSR count). The van der Waals surface area contributed by atoms with Gasteiger partial charge in [0.25, 0.3) is 0 Å². The number of hydrogen-bond acceptors (Lipinski definition) is 3. The van der Waals surface area contributed by atoms with Gasteiger partial charge < -0.3 is 0 Å². The first-order chi connectivity index (χ1) is 15.2. The van der Waals surface area contributed by atoms with Gasteiger partial charge in [-0.15, -0.1) is 0 Å². The summed E-state index contributed by atoms with van der Waals surface area (Å²) < 4.78 is 16.1. The molecule has 0 unspecified atom stereocenters. The van der Waals surface area contributed by atoms with Gasteiger partial charge >= 0.3 is 0 Å². The molecular weight excluding hydrogens is 387 g/mol. The Morgan fingerprint density at radius 1 is 0.935 bits per heavy atom. The summed E-state index contributed by atoms with van der Waals surface area (Å²) in [5.74, 6) is 0.963. The molecule has 0 radical (unpaired) electrons. The zero-order chi connectivity index (χ0) is 21.6. The second-order valence-electron chi connectivity index (χ2n) is 7.45. The van der Waals surface area contributed by atoms with E-state index in [2.05, 4.69) is 23.1 Å². The second kappa shape index (κ2) is 9.36. The summed E-state index contributed by atoms with van der Waals surface area (Å²) >= 11 is 0. The standard InChI is InChI=1S/C26H23FN4/c1-2-3-12-25-29-26(23-10-6-7-11-24(23)27)30-31(25)18-19-13-15-20(16-14-19)22-9-5-4-8-21(22)17-28/h4-11,13-16H,2-3,12,18H2,1H3. The Hall–Kier alpha value is -3.78. The first kappa shape index (κ1) is 20.5. The molecule has 0 spiro atoms. The van der Waals surface area contributed by atoms with Gasteiger partial charge in [-0.25, -0.2) is 14.1 Å². The highest BCUT2D eigenvalue weighted by Gasteiger charge is 2.15. The highest BCUT2D eigenvalue weighted by atomic mass is 19.1. The number of benzene rings is 3. The molecular formula is C26H23FN4. The fourth-order valence-electron chi connectivity index (χ4n) is 3.57. The van der Waals surface area contributed by atoms with Crippen molar-refractivity contribution in [3.8, 4) is 28.6 Å². The van der Waals surface area contributed by atoms with Gasteiger partial charge in [0.05, 0.1) is 23.7 Å². The largest absolute Gasteiger partial charge is 0.245 e. The normalized spacial score (nSPS) is 10.7. The Morgan fingerprint density at radius 2 is 1.65 bits per heavy atom. The molecule has 0 saturated heterocycles. The van der Waals surface area contributed by atoms with Crippen LogP contribution in [0.3, 0.4) is 0 Å². The molecule has 0 atom stereocenters. The van der Waals surface area contributed by atoms with Crippen LogP contribution in [-0.4, -0.2) is 14.8 Å². The Labute approximate surface area is 181 Å². The molecule has 0 aliphatic heterocycles. The van der Waals surface area contributed by atoms with Crippen LogP contribution in [0.1, 0.15) is 36.7 Å². The average Bonchev–Trinajstić information content (AvgIpc) is 3.20. The lowest BCUT2D eigenvalue weighted by molar-refractivity contribution is 0.616. The van der Waals surface area contributed by atoms with E-state index in [1.165, 1.54) is 6.07 Å². The highest BCUT2D eigenvalue weighted by Crippen LogP contribution is 2.24. The number of rotatable bonds is 7. The number of aromatic nitrogens is 3. The molecule has 31 heavy (non-hydrogen) atoms. The minimum absolute atomic E-state index is 0.317. The van der Waals surface area contributed by atoms with Crippen molar-refractivity contribution < 1.29 is 4.39 Å². The van der Waals surface area contributed by atoms with Gasteiger partial charge in [0.15, 0.2) is 5.82 Å². The third-order valence-electron chi connectivity index (χ3n) is 5.26. The first-order valence-electron chi connectivity index (χ1n) is 10.5. The number of nitriles is 1. The lowest BCUT2D eigenvalue weighted by Gasteiger charge is -2.08. The van der Waals surface area contributed by atoms with E-state index in [0.717, 1.165) is 41.8 Å².